The van der Waals surface area contributed by atoms with Gasteiger partial charge >= 0.3 is 0 Å². The molecule has 0 saturated carbocycles. The second-order valence-electron chi connectivity index (χ2n) is 7.03. The van der Waals surface area contributed by atoms with Crippen molar-refractivity contribution in [1.29, 1.82) is 0 Å². The predicted molar refractivity (Wildman–Crippen MR) is 123 cm³/mol. The number of thiazole rings is 1. The zero-order valence-electron chi connectivity index (χ0n) is 17.5. The van der Waals surface area contributed by atoms with E-state index in [1.807, 2.05) is 42.5 Å². The van der Waals surface area contributed by atoms with Gasteiger partial charge in [-0.2, -0.15) is 0 Å². The van der Waals surface area contributed by atoms with Crippen LogP contribution >= 0.6 is 11.3 Å². The van der Waals surface area contributed by atoms with E-state index in [0.29, 0.717) is 22.1 Å². The molecule has 1 heterocycles. The molecular weight excluding hydrogens is 448 g/mol. The number of amides is 1. The monoisotopic (exact) mass is 467 g/mol. The van der Waals surface area contributed by atoms with Gasteiger partial charge in [-0.1, -0.05) is 12.1 Å². The van der Waals surface area contributed by atoms with Crippen LogP contribution in [-0.2, 0) is 6.61 Å². The van der Waals surface area contributed by atoms with Crippen LogP contribution in [0.5, 0.6) is 11.5 Å². The molecule has 0 aliphatic rings. The van der Waals surface area contributed by atoms with Crippen LogP contribution in [0.25, 0.3) is 21.7 Å². The third-order valence-corrected chi connectivity index (χ3v) is 5.91. The van der Waals surface area contributed by atoms with E-state index in [2.05, 4.69) is 4.98 Å². The zero-order valence-corrected chi connectivity index (χ0v) is 18.3. The molecular formula is C24H19F2N3O3S. The Hall–Kier alpha value is -3.98. The van der Waals surface area contributed by atoms with E-state index in [1.54, 1.807) is 13.2 Å². The number of methoxy groups -OCH3 is 1. The van der Waals surface area contributed by atoms with Gasteiger partial charge in [0.1, 0.15) is 28.7 Å². The van der Waals surface area contributed by atoms with Gasteiger partial charge in [0.05, 0.1) is 17.7 Å². The van der Waals surface area contributed by atoms with Crippen molar-refractivity contribution in [2.45, 2.75) is 6.61 Å². The van der Waals surface area contributed by atoms with Gasteiger partial charge in [0, 0.05) is 11.3 Å². The van der Waals surface area contributed by atoms with E-state index in [9.17, 15) is 13.6 Å². The molecule has 168 valence electrons. The Kier molecular flexibility index (Phi) is 6.23. The number of carbonyl (C=O) groups is 1. The first-order valence-electron chi connectivity index (χ1n) is 9.78. The van der Waals surface area contributed by atoms with E-state index < -0.39 is 23.1 Å². The standard InChI is InChI=1S/C24H19F2N3O3S/c1-31-16-7-5-13(6-8-16)22-23(14-3-2-4-15(27)11-14)33-19(29-22)12-32-18-10-9-17(25)20(21(18)26)24(28)30/h2-11H,12,27H2,1H3,(H2,28,30). The van der Waals surface area contributed by atoms with Crippen LogP contribution in [0.2, 0.25) is 0 Å². The first kappa shape index (κ1) is 22.2. The number of aromatic nitrogens is 1. The molecule has 9 heteroatoms. The fourth-order valence-corrected chi connectivity index (χ4v) is 4.25. The normalized spacial score (nSPS) is 10.8. The van der Waals surface area contributed by atoms with E-state index in [1.165, 1.54) is 11.3 Å². The molecule has 33 heavy (non-hydrogen) atoms. The number of benzene rings is 3. The van der Waals surface area contributed by atoms with E-state index >= 15 is 0 Å². The molecule has 4 N–H and O–H groups in total. The molecule has 1 aromatic heterocycles. The average molecular weight is 467 g/mol. The SMILES string of the molecule is COc1ccc(-c2nc(COc3ccc(F)c(C(N)=O)c3F)sc2-c2cccc(N)c2)cc1. The van der Waals surface area contributed by atoms with Gasteiger partial charge in [-0.25, -0.2) is 13.8 Å². The number of rotatable bonds is 7. The second-order valence-corrected chi connectivity index (χ2v) is 8.11. The van der Waals surface area contributed by atoms with Crippen molar-refractivity contribution in [2.75, 3.05) is 12.8 Å². The number of primary amides is 1. The molecule has 0 radical (unpaired) electrons. The van der Waals surface area contributed by atoms with E-state index in [0.717, 1.165) is 28.1 Å². The van der Waals surface area contributed by atoms with E-state index in [4.69, 9.17) is 20.9 Å². The lowest BCUT2D eigenvalue weighted by molar-refractivity contribution is 0.0991. The van der Waals surface area contributed by atoms with Gasteiger partial charge in [0.25, 0.3) is 5.91 Å². The molecule has 0 bridgehead atoms. The average Bonchev–Trinajstić information content (AvgIpc) is 3.23. The Morgan fingerprint density at radius 3 is 2.48 bits per heavy atom. The highest BCUT2D eigenvalue weighted by atomic mass is 32.1. The molecule has 4 aromatic rings. The number of halogens is 2. The molecule has 3 aromatic carbocycles. The van der Waals surface area contributed by atoms with Crippen molar-refractivity contribution in [1.82, 2.24) is 4.98 Å². The van der Waals surface area contributed by atoms with Crippen LogP contribution in [0.3, 0.4) is 0 Å². The number of hydrogen-bond donors (Lipinski definition) is 2. The Labute approximate surface area is 192 Å². The lowest BCUT2D eigenvalue weighted by atomic mass is 10.1. The number of nitrogens with zero attached hydrogens (tertiary/aromatic N) is 1. The summed E-state index contributed by atoms with van der Waals surface area (Å²) in [6.45, 7) is -0.100. The summed E-state index contributed by atoms with van der Waals surface area (Å²) in [7, 11) is 1.59. The Morgan fingerprint density at radius 1 is 1.06 bits per heavy atom. The minimum absolute atomic E-state index is 0.100. The Bertz CT molecular complexity index is 1320. The molecule has 0 aliphatic carbocycles. The molecule has 1 amide bonds. The fraction of sp³-hybridized carbons (Fsp3) is 0.0833. The summed E-state index contributed by atoms with van der Waals surface area (Å²) in [6, 6.07) is 16.8. The molecule has 0 spiro atoms. The van der Waals surface area contributed by atoms with Crippen LogP contribution in [0.15, 0.2) is 60.7 Å². The molecule has 0 aliphatic heterocycles. The van der Waals surface area contributed by atoms with Gasteiger partial charge < -0.3 is 20.9 Å². The summed E-state index contributed by atoms with van der Waals surface area (Å²) >= 11 is 1.35. The van der Waals surface area contributed by atoms with Crippen molar-refractivity contribution in [3.63, 3.8) is 0 Å². The van der Waals surface area contributed by atoms with Crippen LogP contribution in [0.1, 0.15) is 15.4 Å². The molecule has 4 rings (SSSR count). The highest BCUT2D eigenvalue weighted by molar-refractivity contribution is 7.15. The molecule has 0 fully saturated rings. The van der Waals surface area contributed by atoms with Crippen LogP contribution < -0.4 is 20.9 Å². The first-order valence-corrected chi connectivity index (χ1v) is 10.6. The molecule has 6 nitrogen and oxygen atoms in total. The van der Waals surface area contributed by atoms with Gasteiger partial charge in [0.15, 0.2) is 11.6 Å². The summed E-state index contributed by atoms with van der Waals surface area (Å²) in [6.07, 6.45) is 0. The van der Waals surface area contributed by atoms with Crippen LogP contribution in [-0.4, -0.2) is 18.0 Å². The minimum Gasteiger partial charge on any atom is -0.497 e. The zero-order chi connectivity index (χ0) is 23.5. The number of ether oxygens (including phenoxy) is 2. The van der Waals surface area contributed by atoms with Crippen molar-refractivity contribution in [2.24, 2.45) is 5.73 Å². The predicted octanol–water partition coefficient (Wildman–Crippen LogP) is 5.02. The van der Waals surface area contributed by atoms with Crippen LogP contribution in [0, 0.1) is 11.6 Å². The Balaban J connectivity index is 1.70. The van der Waals surface area contributed by atoms with E-state index in [-0.39, 0.29) is 12.4 Å². The lowest BCUT2D eigenvalue weighted by Gasteiger charge is -2.08. The maximum atomic E-state index is 14.5. The molecule has 0 atom stereocenters. The van der Waals surface area contributed by atoms with Gasteiger partial charge in [0.2, 0.25) is 0 Å². The first-order chi connectivity index (χ1) is 15.9. The summed E-state index contributed by atoms with van der Waals surface area (Å²) in [5.41, 5.74) is 13.2. The number of nitrogens with two attached hydrogens (primary N) is 2. The summed E-state index contributed by atoms with van der Waals surface area (Å²) in [5.74, 6) is -3.00. The highest BCUT2D eigenvalue weighted by Crippen LogP contribution is 2.38. The number of nitrogen functional groups attached to an aromatic ring is 1. The highest BCUT2D eigenvalue weighted by Gasteiger charge is 2.21. The van der Waals surface area contributed by atoms with Gasteiger partial charge in [-0.15, -0.1) is 11.3 Å². The quantitative estimate of drug-likeness (QED) is 0.372. The topological polar surface area (TPSA) is 100 Å². The largest absolute Gasteiger partial charge is 0.497 e. The second kappa shape index (κ2) is 9.25. The Morgan fingerprint density at radius 2 is 1.82 bits per heavy atom. The number of carbonyl (C=O) groups excluding carboxylic acids is 1. The van der Waals surface area contributed by atoms with Crippen molar-refractivity contribution in [3.05, 3.63) is 82.9 Å². The summed E-state index contributed by atoms with van der Waals surface area (Å²) in [4.78, 5) is 16.9. The third-order valence-electron chi connectivity index (χ3n) is 4.84. The molecule has 0 saturated heterocycles. The summed E-state index contributed by atoms with van der Waals surface area (Å²) in [5, 5.41) is 0.544. The third kappa shape index (κ3) is 4.63. The maximum absolute atomic E-state index is 14.5. The smallest absolute Gasteiger partial charge is 0.254 e. The van der Waals surface area contributed by atoms with Crippen molar-refractivity contribution < 1.29 is 23.0 Å². The maximum Gasteiger partial charge on any atom is 0.254 e. The lowest BCUT2D eigenvalue weighted by Crippen LogP contribution is -2.16. The van der Waals surface area contributed by atoms with Crippen molar-refractivity contribution in [3.8, 4) is 33.2 Å². The number of anilines is 1. The van der Waals surface area contributed by atoms with Crippen molar-refractivity contribution >= 4 is 22.9 Å². The van der Waals surface area contributed by atoms with Gasteiger partial charge in [-0.3, -0.25) is 4.79 Å². The minimum atomic E-state index is -1.21. The number of hydrogen-bond acceptors (Lipinski definition) is 6. The molecule has 0 unspecified atom stereocenters. The van der Waals surface area contributed by atoms with Crippen LogP contribution in [0.4, 0.5) is 14.5 Å². The fourth-order valence-electron chi connectivity index (χ4n) is 3.26. The summed E-state index contributed by atoms with van der Waals surface area (Å²) < 4.78 is 39.0. The van der Waals surface area contributed by atoms with Gasteiger partial charge in [-0.05, 0) is 54.1 Å².